The van der Waals surface area contributed by atoms with E-state index in [0.29, 0.717) is 11.3 Å². The van der Waals surface area contributed by atoms with Gasteiger partial charge in [0.2, 0.25) is 0 Å². The van der Waals surface area contributed by atoms with E-state index in [4.69, 9.17) is 4.74 Å². The zero-order valence-electron chi connectivity index (χ0n) is 8.12. The number of carbonyl (C=O) groups is 1. The number of benzene rings is 1. The van der Waals surface area contributed by atoms with Gasteiger partial charge in [0.05, 0.1) is 4.92 Å². The van der Waals surface area contributed by atoms with Gasteiger partial charge in [-0.3, -0.25) is 10.1 Å². The third-order valence-corrected chi connectivity index (χ3v) is 1.99. The fourth-order valence-corrected chi connectivity index (χ4v) is 1.30. The highest BCUT2D eigenvalue weighted by Gasteiger charge is 2.10. The molecule has 1 aromatic carbocycles. The van der Waals surface area contributed by atoms with Crippen LogP contribution in [0.25, 0.3) is 6.08 Å². The lowest BCUT2D eigenvalue weighted by Gasteiger charge is -1.97. The first kappa shape index (κ1) is 10.1. The minimum atomic E-state index is -0.474. The first-order valence-electron chi connectivity index (χ1n) is 4.51. The molecule has 0 amide bonds. The fraction of sp³-hybridized carbons (Fsp3) is 0. The van der Waals surface area contributed by atoms with Crippen molar-refractivity contribution in [2.24, 2.45) is 0 Å². The second-order valence-corrected chi connectivity index (χ2v) is 3.15. The molecule has 0 aromatic heterocycles. The summed E-state index contributed by atoms with van der Waals surface area (Å²) < 4.78 is 4.81. The van der Waals surface area contributed by atoms with Gasteiger partial charge in [0, 0.05) is 18.2 Å². The molecule has 0 saturated heterocycles. The van der Waals surface area contributed by atoms with Crippen LogP contribution < -0.4 is 0 Å². The van der Waals surface area contributed by atoms with Crippen LogP contribution >= 0.6 is 0 Å². The molecular weight excluding hydrogens is 210 g/mol. The summed E-state index contributed by atoms with van der Waals surface area (Å²) in [4.78, 5) is 20.8. The van der Waals surface area contributed by atoms with Crippen molar-refractivity contribution in [1.82, 2.24) is 0 Å². The molecule has 5 heteroatoms. The lowest BCUT2D eigenvalue weighted by molar-refractivity contribution is -0.384. The van der Waals surface area contributed by atoms with Crippen LogP contribution in [0, 0.1) is 10.1 Å². The quantitative estimate of drug-likeness (QED) is 0.432. The van der Waals surface area contributed by atoms with Crippen molar-refractivity contribution in [3.8, 4) is 0 Å². The molecule has 2 rings (SSSR count). The first-order chi connectivity index (χ1) is 7.65. The highest BCUT2D eigenvalue weighted by Crippen LogP contribution is 2.18. The summed E-state index contributed by atoms with van der Waals surface area (Å²) in [6, 6.07) is 6.08. The smallest absolute Gasteiger partial charge is 0.336 e. The molecule has 0 fully saturated rings. The number of cyclic esters (lactones) is 1. The topological polar surface area (TPSA) is 69.4 Å². The summed E-state index contributed by atoms with van der Waals surface area (Å²) in [5.74, 6) is -0.0535. The Hall–Kier alpha value is -2.43. The van der Waals surface area contributed by atoms with Crippen LogP contribution in [0.2, 0.25) is 0 Å². The summed E-state index contributed by atoms with van der Waals surface area (Å²) in [7, 11) is 0. The number of nitrogens with zero attached hydrogens (tertiary/aromatic N) is 1. The SMILES string of the molecule is O=C1C=C/C(=C\c2cccc([N+](=O)[O-])c2)O1. The van der Waals surface area contributed by atoms with E-state index >= 15 is 0 Å². The number of allylic oxidation sites excluding steroid dienone is 1. The summed E-state index contributed by atoms with van der Waals surface area (Å²) in [5, 5.41) is 10.5. The summed E-state index contributed by atoms with van der Waals surface area (Å²) in [6.45, 7) is 0. The number of hydrogen-bond donors (Lipinski definition) is 0. The molecule has 0 N–H and O–H groups in total. The maximum Gasteiger partial charge on any atom is 0.336 e. The number of nitro groups is 1. The maximum atomic E-state index is 10.8. The molecule has 5 nitrogen and oxygen atoms in total. The van der Waals surface area contributed by atoms with Crippen LogP contribution in [-0.2, 0) is 9.53 Å². The molecular formula is C11H7NO4. The highest BCUT2D eigenvalue weighted by molar-refractivity contribution is 5.87. The number of rotatable bonds is 2. The standard InChI is InChI=1S/C11H7NO4/c13-11-5-4-10(16-11)7-8-2-1-3-9(6-8)12(14)15/h1-7H/b10-7+. The van der Waals surface area contributed by atoms with E-state index in [2.05, 4.69) is 0 Å². The van der Waals surface area contributed by atoms with Crippen LogP contribution in [0.1, 0.15) is 5.56 Å². The van der Waals surface area contributed by atoms with Crippen LogP contribution in [-0.4, -0.2) is 10.9 Å². The molecule has 1 heterocycles. The van der Waals surface area contributed by atoms with Crippen molar-refractivity contribution in [3.63, 3.8) is 0 Å². The second kappa shape index (κ2) is 3.98. The van der Waals surface area contributed by atoms with Crippen molar-refractivity contribution in [1.29, 1.82) is 0 Å². The molecule has 0 spiro atoms. The summed E-state index contributed by atoms with van der Waals surface area (Å²) in [5.41, 5.74) is 0.617. The Morgan fingerprint density at radius 2 is 2.12 bits per heavy atom. The monoisotopic (exact) mass is 217 g/mol. The van der Waals surface area contributed by atoms with Crippen LogP contribution in [0.15, 0.2) is 42.2 Å². The van der Waals surface area contributed by atoms with E-state index in [9.17, 15) is 14.9 Å². The Morgan fingerprint density at radius 1 is 1.31 bits per heavy atom. The Kier molecular flexibility index (Phi) is 2.51. The molecule has 0 saturated carbocycles. The molecule has 1 aliphatic rings. The number of carbonyl (C=O) groups excluding carboxylic acids is 1. The maximum absolute atomic E-state index is 10.8. The van der Waals surface area contributed by atoms with Gasteiger partial charge in [-0.05, 0) is 17.7 Å². The van der Waals surface area contributed by atoms with Crippen LogP contribution in [0.3, 0.4) is 0 Å². The zero-order chi connectivity index (χ0) is 11.5. The minimum absolute atomic E-state index is 0.00246. The molecule has 80 valence electrons. The van der Waals surface area contributed by atoms with Gasteiger partial charge in [0.1, 0.15) is 5.76 Å². The average Bonchev–Trinajstić information content (AvgIpc) is 2.64. The molecule has 1 aromatic rings. The van der Waals surface area contributed by atoms with Crippen molar-refractivity contribution < 1.29 is 14.5 Å². The number of esters is 1. The van der Waals surface area contributed by atoms with Crippen molar-refractivity contribution in [2.45, 2.75) is 0 Å². The van der Waals surface area contributed by atoms with Gasteiger partial charge in [0.25, 0.3) is 5.69 Å². The van der Waals surface area contributed by atoms with Gasteiger partial charge >= 0.3 is 5.97 Å². The Balaban J connectivity index is 2.28. The van der Waals surface area contributed by atoms with Gasteiger partial charge < -0.3 is 4.74 Å². The van der Waals surface area contributed by atoms with Gasteiger partial charge in [-0.1, -0.05) is 12.1 Å². The molecule has 0 unspecified atom stereocenters. The van der Waals surface area contributed by atoms with Crippen LogP contribution in [0.4, 0.5) is 5.69 Å². The van der Waals surface area contributed by atoms with E-state index in [1.807, 2.05) is 0 Å². The molecule has 1 aliphatic heterocycles. The van der Waals surface area contributed by atoms with E-state index in [1.165, 1.54) is 24.3 Å². The summed E-state index contributed by atoms with van der Waals surface area (Å²) >= 11 is 0. The van der Waals surface area contributed by atoms with Crippen molar-refractivity contribution in [3.05, 3.63) is 57.9 Å². The Labute approximate surface area is 90.8 Å². The predicted octanol–water partition coefficient (Wildman–Crippen LogP) is 2.05. The highest BCUT2D eigenvalue weighted by atomic mass is 16.6. The molecule has 0 bridgehead atoms. The van der Waals surface area contributed by atoms with E-state index in [1.54, 1.807) is 18.2 Å². The van der Waals surface area contributed by atoms with Crippen LogP contribution in [0.5, 0.6) is 0 Å². The number of hydrogen-bond acceptors (Lipinski definition) is 4. The largest absolute Gasteiger partial charge is 0.423 e. The lowest BCUT2D eigenvalue weighted by atomic mass is 10.2. The van der Waals surface area contributed by atoms with Gasteiger partial charge in [-0.15, -0.1) is 0 Å². The van der Waals surface area contributed by atoms with Crippen molar-refractivity contribution in [2.75, 3.05) is 0 Å². The third-order valence-electron chi connectivity index (χ3n) is 1.99. The average molecular weight is 217 g/mol. The number of ether oxygens (including phenoxy) is 1. The zero-order valence-corrected chi connectivity index (χ0v) is 8.12. The van der Waals surface area contributed by atoms with E-state index in [-0.39, 0.29) is 5.69 Å². The molecule has 0 aliphatic carbocycles. The van der Waals surface area contributed by atoms with E-state index < -0.39 is 10.9 Å². The predicted molar refractivity (Wildman–Crippen MR) is 56.3 cm³/mol. The first-order valence-corrected chi connectivity index (χ1v) is 4.51. The molecule has 16 heavy (non-hydrogen) atoms. The third kappa shape index (κ3) is 2.14. The molecule has 0 atom stereocenters. The van der Waals surface area contributed by atoms with Gasteiger partial charge in [-0.25, -0.2) is 4.79 Å². The lowest BCUT2D eigenvalue weighted by Crippen LogP contribution is -1.91. The minimum Gasteiger partial charge on any atom is -0.423 e. The fourth-order valence-electron chi connectivity index (χ4n) is 1.30. The molecule has 0 radical (unpaired) electrons. The number of non-ortho nitro benzene ring substituents is 1. The normalized spacial score (nSPS) is 16.5. The van der Waals surface area contributed by atoms with Gasteiger partial charge in [0.15, 0.2) is 0 Å². The number of nitro benzene ring substituents is 1. The second-order valence-electron chi connectivity index (χ2n) is 3.15. The summed E-state index contributed by atoms with van der Waals surface area (Å²) in [6.07, 6.45) is 4.37. The Morgan fingerprint density at radius 3 is 2.75 bits per heavy atom. The van der Waals surface area contributed by atoms with E-state index in [0.717, 1.165) is 0 Å². The van der Waals surface area contributed by atoms with Crippen molar-refractivity contribution >= 4 is 17.7 Å². The Bertz CT molecular complexity index is 516. The van der Waals surface area contributed by atoms with Gasteiger partial charge in [-0.2, -0.15) is 0 Å².